The van der Waals surface area contributed by atoms with Crippen molar-refractivity contribution >= 4 is 22.8 Å². The van der Waals surface area contributed by atoms with Gasteiger partial charge in [0.05, 0.1) is 35.3 Å². The van der Waals surface area contributed by atoms with E-state index in [-0.39, 0.29) is 24.1 Å². The van der Waals surface area contributed by atoms with Crippen LogP contribution in [0.3, 0.4) is 0 Å². The summed E-state index contributed by atoms with van der Waals surface area (Å²) in [4.78, 5) is 34.2. The summed E-state index contributed by atoms with van der Waals surface area (Å²) in [5.41, 5.74) is 1.53. The van der Waals surface area contributed by atoms with Crippen molar-refractivity contribution in [2.45, 2.75) is 84.0 Å². The summed E-state index contributed by atoms with van der Waals surface area (Å²) >= 11 is 0. The molecule has 0 radical (unpaired) electrons. The zero-order chi connectivity index (χ0) is 25.4. The Morgan fingerprint density at radius 2 is 1.74 bits per heavy atom. The van der Waals surface area contributed by atoms with E-state index in [0.29, 0.717) is 29.8 Å². The van der Waals surface area contributed by atoms with Gasteiger partial charge in [-0.05, 0) is 36.8 Å². The molecular weight excluding hydrogens is 444 g/mol. The Bertz CT molecular complexity index is 977. The van der Waals surface area contributed by atoms with Gasteiger partial charge < -0.3 is 20.8 Å². The molecule has 4 atom stereocenters. The molecule has 2 amide bonds. The standard InChI is InChI=1S/C27H40N4O4/c1-17(2)13-24(32)25(33)22(14-19-9-5-4-6-10-19)31-26(34)18(3)15-29-27(35)23-16-28-20-11-7-8-12-21(20)30-23/h7-8,11-12,16-19,22,24-25,32-33H,4-6,9-10,13-15H2,1-3H3,(H,29,35)(H,31,34)/t18-,22-,24-,25+/m0/s1. The number of carbonyl (C=O) groups excluding carboxylic acids is 2. The molecule has 1 aliphatic carbocycles. The molecule has 35 heavy (non-hydrogen) atoms. The maximum absolute atomic E-state index is 13.0. The first-order valence-electron chi connectivity index (χ1n) is 12.9. The van der Waals surface area contributed by atoms with E-state index < -0.39 is 30.1 Å². The number of aliphatic hydroxyl groups is 2. The second-order valence-electron chi connectivity index (χ2n) is 10.4. The Morgan fingerprint density at radius 1 is 1.06 bits per heavy atom. The predicted molar refractivity (Wildman–Crippen MR) is 136 cm³/mol. The Hall–Kier alpha value is -2.58. The summed E-state index contributed by atoms with van der Waals surface area (Å²) in [5, 5.41) is 27.2. The summed E-state index contributed by atoms with van der Waals surface area (Å²) in [6, 6.07) is 6.79. The normalized spacial score (nSPS) is 18.1. The van der Waals surface area contributed by atoms with E-state index in [1.807, 2.05) is 32.0 Å². The molecule has 2 aromatic rings. The van der Waals surface area contributed by atoms with Gasteiger partial charge in [0, 0.05) is 6.54 Å². The van der Waals surface area contributed by atoms with Crippen LogP contribution in [0.2, 0.25) is 0 Å². The highest BCUT2D eigenvalue weighted by atomic mass is 16.3. The van der Waals surface area contributed by atoms with E-state index in [9.17, 15) is 19.8 Å². The van der Waals surface area contributed by atoms with Crippen molar-refractivity contribution in [3.05, 3.63) is 36.2 Å². The van der Waals surface area contributed by atoms with Gasteiger partial charge >= 0.3 is 0 Å². The number of hydrogen-bond acceptors (Lipinski definition) is 6. The topological polar surface area (TPSA) is 124 Å². The van der Waals surface area contributed by atoms with E-state index in [2.05, 4.69) is 20.6 Å². The van der Waals surface area contributed by atoms with Crippen molar-refractivity contribution < 1.29 is 19.8 Å². The minimum atomic E-state index is -1.03. The fourth-order valence-electron chi connectivity index (χ4n) is 4.78. The first kappa shape index (κ1) is 27.0. The molecule has 0 saturated heterocycles. The molecule has 0 bridgehead atoms. The average Bonchev–Trinajstić information content (AvgIpc) is 2.86. The Morgan fingerprint density at radius 3 is 2.43 bits per heavy atom. The number of fused-ring (bicyclic) bond motifs is 1. The molecule has 8 nitrogen and oxygen atoms in total. The van der Waals surface area contributed by atoms with Gasteiger partial charge in [0.15, 0.2) is 0 Å². The molecular formula is C27H40N4O4. The minimum Gasteiger partial charge on any atom is -0.390 e. The summed E-state index contributed by atoms with van der Waals surface area (Å²) < 4.78 is 0. The van der Waals surface area contributed by atoms with E-state index in [4.69, 9.17) is 0 Å². The van der Waals surface area contributed by atoms with Crippen LogP contribution in [-0.2, 0) is 4.79 Å². The third-order valence-corrected chi connectivity index (χ3v) is 6.86. The number of carbonyl (C=O) groups is 2. The van der Waals surface area contributed by atoms with Gasteiger partial charge in [0.1, 0.15) is 11.8 Å². The number of amides is 2. The lowest BCUT2D eigenvalue weighted by Crippen LogP contribution is -2.52. The SMILES string of the molecule is CC(C)C[C@H](O)[C@H](O)[C@H](CC1CCCCC1)NC(=O)[C@@H](C)CNC(=O)c1cnc2ccccc2n1. The van der Waals surface area contributed by atoms with Crippen LogP contribution in [0.1, 0.15) is 76.2 Å². The zero-order valence-electron chi connectivity index (χ0n) is 21.1. The van der Waals surface area contributed by atoms with Crippen LogP contribution >= 0.6 is 0 Å². The van der Waals surface area contributed by atoms with Crippen molar-refractivity contribution in [1.82, 2.24) is 20.6 Å². The van der Waals surface area contributed by atoms with Gasteiger partial charge in [-0.3, -0.25) is 14.6 Å². The fourth-order valence-corrected chi connectivity index (χ4v) is 4.78. The van der Waals surface area contributed by atoms with E-state index in [0.717, 1.165) is 25.7 Å². The van der Waals surface area contributed by atoms with Crippen molar-refractivity contribution in [3.8, 4) is 0 Å². The third kappa shape index (κ3) is 7.97. The lowest BCUT2D eigenvalue weighted by Gasteiger charge is -2.33. The zero-order valence-corrected chi connectivity index (χ0v) is 21.1. The molecule has 0 unspecified atom stereocenters. The number of nitrogens with one attached hydrogen (secondary N) is 2. The van der Waals surface area contributed by atoms with E-state index >= 15 is 0 Å². The largest absolute Gasteiger partial charge is 0.390 e. The number of aliphatic hydroxyl groups excluding tert-OH is 2. The van der Waals surface area contributed by atoms with Crippen molar-refractivity contribution in [1.29, 1.82) is 0 Å². The average molecular weight is 485 g/mol. The highest BCUT2D eigenvalue weighted by Gasteiger charge is 2.32. The quantitative estimate of drug-likeness (QED) is 0.388. The highest BCUT2D eigenvalue weighted by molar-refractivity contribution is 5.94. The second kappa shape index (κ2) is 12.9. The number of nitrogens with zero attached hydrogens (tertiary/aromatic N) is 2. The molecule has 192 valence electrons. The van der Waals surface area contributed by atoms with Gasteiger partial charge in [-0.25, -0.2) is 4.98 Å². The lowest BCUT2D eigenvalue weighted by atomic mass is 9.82. The predicted octanol–water partition coefficient (Wildman–Crippen LogP) is 3.22. The van der Waals surface area contributed by atoms with E-state index in [1.165, 1.54) is 12.6 Å². The Kier molecular flexibility index (Phi) is 9.98. The first-order chi connectivity index (χ1) is 16.7. The second-order valence-corrected chi connectivity index (χ2v) is 10.4. The molecule has 4 N–H and O–H groups in total. The molecule has 1 aromatic heterocycles. The number of para-hydroxylation sites is 2. The van der Waals surface area contributed by atoms with Gasteiger partial charge in [-0.2, -0.15) is 0 Å². The first-order valence-corrected chi connectivity index (χ1v) is 12.9. The van der Waals surface area contributed by atoms with Crippen LogP contribution in [0.5, 0.6) is 0 Å². The Labute approximate surface area is 207 Å². The molecule has 1 aromatic carbocycles. The Balaban J connectivity index is 1.58. The molecule has 3 rings (SSSR count). The van der Waals surface area contributed by atoms with Gasteiger partial charge in [-0.1, -0.05) is 65.0 Å². The number of rotatable bonds is 11. The summed E-state index contributed by atoms with van der Waals surface area (Å²) in [6.45, 7) is 5.85. The number of hydrogen-bond donors (Lipinski definition) is 4. The molecule has 8 heteroatoms. The van der Waals surface area contributed by atoms with Crippen LogP contribution in [0.25, 0.3) is 11.0 Å². The summed E-state index contributed by atoms with van der Waals surface area (Å²) in [5.74, 6) is -0.509. The maximum atomic E-state index is 13.0. The monoisotopic (exact) mass is 484 g/mol. The van der Waals surface area contributed by atoms with Crippen LogP contribution in [0.4, 0.5) is 0 Å². The van der Waals surface area contributed by atoms with Crippen LogP contribution in [0.15, 0.2) is 30.5 Å². The molecule has 1 fully saturated rings. The van der Waals surface area contributed by atoms with E-state index in [1.54, 1.807) is 13.0 Å². The van der Waals surface area contributed by atoms with Crippen LogP contribution in [0, 0.1) is 17.8 Å². The van der Waals surface area contributed by atoms with Crippen LogP contribution < -0.4 is 10.6 Å². The molecule has 1 heterocycles. The third-order valence-electron chi connectivity index (χ3n) is 6.86. The summed E-state index contributed by atoms with van der Waals surface area (Å²) in [7, 11) is 0. The van der Waals surface area contributed by atoms with Crippen LogP contribution in [-0.4, -0.2) is 56.8 Å². The lowest BCUT2D eigenvalue weighted by molar-refractivity contribution is -0.127. The molecule has 0 spiro atoms. The van der Waals surface area contributed by atoms with Crippen molar-refractivity contribution in [2.75, 3.05) is 6.54 Å². The maximum Gasteiger partial charge on any atom is 0.271 e. The van der Waals surface area contributed by atoms with Gasteiger partial charge in [0.2, 0.25) is 5.91 Å². The van der Waals surface area contributed by atoms with Crippen molar-refractivity contribution in [2.24, 2.45) is 17.8 Å². The van der Waals surface area contributed by atoms with Gasteiger partial charge in [-0.15, -0.1) is 0 Å². The molecule has 0 aliphatic heterocycles. The smallest absolute Gasteiger partial charge is 0.271 e. The minimum absolute atomic E-state index is 0.125. The van der Waals surface area contributed by atoms with Gasteiger partial charge in [0.25, 0.3) is 5.91 Å². The van der Waals surface area contributed by atoms with Crippen molar-refractivity contribution in [3.63, 3.8) is 0 Å². The molecule has 1 aliphatic rings. The molecule has 1 saturated carbocycles. The number of aromatic nitrogens is 2. The highest BCUT2D eigenvalue weighted by Crippen LogP contribution is 2.29. The number of benzene rings is 1. The fraction of sp³-hybridized carbons (Fsp3) is 0.630. The summed E-state index contributed by atoms with van der Waals surface area (Å²) in [6.07, 6.45) is 6.33.